The van der Waals surface area contributed by atoms with E-state index in [1.807, 2.05) is 0 Å². The van der Waals surface area contributed by atoms with Crippen molar-refractivity contribution in [2.75, 3.05) is 14.2 Å². The number of carboxylic acids is 1. The van der Waals surface area contributed by atoms with E-state index in [1.165, 1.54) is 27.2 Å². The molecule has 2 rings (SSSR count). The number of pyridine rings is 1. The fourth-order valence-corrected chi connectivity index (χ4v) is 2.90. The summed E-state index contributed by atoms with van der Waals surface area (Å²) in [5.74, 6) is -2.28. The zero-order chi connectivity index (χ0) is 20.1. The third kappa shape index (κ3) is 4.46. The van der Waals surface area contributed by atoms with Crippen molar-refractivity contribution in [3.8, 4) is 11.5 Å². The number of carboxylic acid groups (broad SMARTS) is 1. The first-order valence-corrected chi connectivity index (χ1v) is 8.14. The normalized spacial score (nSPS) is 11.7. The molecule has 1 atom stereocenters. The van der Waals surface area contributed by atoms with E-state index < -0.39 is 30.0 Å². The number of benzene rings is 1. The first-order valence-electron chi connectivity index (χ1n) is 8.14. The topological polar surface area (TPSA) is 115 Å². The fourth-order valence-electron chi connectivity index (χ4n) is 2.90. The fraction of sp³-hybridized carbons (Fsp3) is 0.316. The molecule has 0 fully saturated rings. The van der Waals surface area contributed by atoms with Gasteiger partial charge in [0.2, 0.25) is 0 Å². The molecule has 0 spiro atoms. The lowest BCUT2D eigenvalue weighted by atomic mass is 9.88. The Labute approximate surface area is 155 Å². The van der Waals surface area contributed by atoms with E-state index in [2.05, 4.69) is 0 Å². The van der Waals surface area contributed by atoms with Crippen molar-refractivity contribution < 1.29 is 29.3 Å². The summed E-state index contributed by atoms with van der Waals surface area (Å²) >= 11 is 0. The van der Waals surface area contributed by atoms with Gasteiger partial charge in [-0.1, -0.05) is 12.1 Å². The number of aliphatic carboxylic acids is 1. The molecule has 0 radical (unpaired) electrons. The lowest BCUT2D eigenvalue weighted by Crippen LogP contribution is -2.30. The van der Waals surface area contributed by atoms with Gasteiger partial charge in [0.1, 0.15) is 18.0 Å². The van der Waals surface area contributed by atoms with E-state index in [0.29, 0.717) is 17.0 Å². The molecule has 0 aliphatic heterocycles. The van der Waals surface area contributed by atoms with Gasteiger partial charge >= 0.3 is 11.9 Å². The quantitative estimate of drug-likeness (QED) is 0.707. The number of methoxy groups -OCH3 is 2. The molecule has 2 aromatic rings. The van der Waals surface area contributed by atoms with Gasteiger partial charge in [0.05, 0.1) is 26.2 Å². The molecule has 1 aromatic heterocycles. The molecular weight excluding hydrogens is 354 g/mol. The maximum absolute atomic E-state index is 12.9. The Kier molecular flexibility index (Phi) is 6.23. The third-order valence-corrected chi connectivity index (χ3v) is 4.28. The van der Waals surface area contributed by atoms with E-state index in [4.69, 9.17) is 14.6 Å². The number of nitrogens with zero attached hydrogens (tertiary/aromatic N) is 1. The van der Waals surface area contributed by atoms with Crippen LogP contribution in [0.5, 0.6) is 11.5 Å². The molecule has 1 aromatic carbocycles. The number of esters is 1. The standard InChI is InChI=1S/C19H21NO7/c1-11-8-15(21)18(19(25)20(11)10-16(22)23)14(9-17(24)27-3)12-4-6-13(26-2)7-5-12/h4-8,14,21H,9-10H2,1-3H3,(H,22,23). The lowest BCUT2D eigenvalue weighted by molar-refractivity contribution is -0.141. The predicted octanol–water partition coefficient (Wildman–Crippen LogP) is 1.65. The molecule has 8 heteroatoms. The molecule has 0 amide bonds. The largest absolute Gasteiger partial charge is 0.507 e. The van der Waals surface area contributed by atoms with Gasteiger partial charge in [-0.2, -0.15) is 0 Å². The Hall–Kier alpha value is -3.29. The molecule has 0 bridgehead atoms. The van der Waals surface area contributed by atoms with Crippen LogP contribution in [0, 0.1) is 6.92 Å². The zero-order valence-electron chi connectivity index (χ0n) is 15.3. The molecule has 0 aliphatic carbocycles. The maximum Gasteiger partial charge on any atom is 0.323 e. The summed E-state index contributed by atoms with van der Waals surface area (Å²) in [6, 6.07) is 7.99. The highest BCUT2D eigenvalue weighted by Crippen LogP contribution is 2.33. The van der Waals surface area contributed by atoms with Crippen LogP contribution in [0.15, 0.2) is 35.1 Å². The van der Waals surface area contributed by atoms with Crippen LogP contribution in [0.2, 0.25) is 0 Å². The molecular formula is C19H21NO7. The second kappa shape index (κ2) is 8.39. The first kappa shape index (κ1) is 20.0. The van der Waals surface area contributed by atoms with Crippen molar-refractivity contribution in [2.45, 2.75) is 25.8 Å². The van der Waals surface area contributed by atoms with Gasteiger partial charge in [-0.3, -0.25) is 14.4 Å². The van der Waals surface area contributed by atoms with Crippen LogP contribution in [0.4, 0.5) is 0 Å². The summed E-state index contributed by atoms with van der Waals surface area (Å²) in [6.07, 6.45) is -0.193. The van der Waals surface area contributed by atoms with Gasteiger partial charge in [-0.25, -0.2) is 0 Å². The molecule has 0 aliphatic rings. The Morgan fingerprint density at radius 1 is 1.19 bits per heavy atom. The summed E-state index contributed by atoms with van der Waals surface area (Å²) in [7, 11) is 2.74. The molecule has 1 heterocycles. The van der Waals surface area contributed by atoms with Crippen molar-refractivity contribution in [1.29, 1.82) is 0 Å². The number of aromatic nitrogens is 1. The van der Waals surface area contributed by atoms with Gasteiger partial charge < -0.3 is 24.3 Å². The van der Waals surface area contributed by atoms with Crippen LogP contribution in [-0.4, -0.2) is 40.9 Å². The minimum Gasteiger partial charge on any atom is -0.507 e. The van der Waals surface area contributed by atoms with Gasteiger partial charge in [0.25, 0.3) is 5.56 Å². The number of aryl methyl sites for hydroxylation is 1. The third-order valence-electron chi connectivity index (χ3n) is 4.28. The summed E-state index contributed by atoms with van der Waals surface area (Å²) in [6.45, 7) is 0.974. The number of carbonyl (C=O) groups is 2. The number of hydrogen-bond acceptors (Lipinski definition) is 6. The van der Waals surface area contributed by atoms with Crippen LogP contribution in [0.25, 0.3) is 0 Å². The van der Waals surface area contributed by atoms with E-state index in [-0.39, 0.29) is 17.7 Å². The Balaban J connectivity index is 2.65. The van der Waals surface area contributed by atoms with E-state index in [9.17, 15) is 19.5 Å². The van der Waals surface area contributed by atoms with Gasteiger partial charge in [0.15, 0.2) is 0 Å². The van der Waals surface area contributed by atoms with Crippen LogP contribution < -0.4 is 10.3 Å². The van der Waals surface area contributed by atoms with Crippen LogP contribution in [-0.2, 0) is 20.9 Å². The van der Waals surface area contributed by atoms with Crippen LogP contribution >= 0.6 is 0 Å². The smallest absolute Gasteiger partial charge is 0.323 e. The molecule has 0 saturated heterocycles. The van der Waals surface area contributed by atoms with Crippen molar-refractivity contribution in [2.24, 2.45) is 0 Å². The predicted molar refractivity (Wildman–Crippen MR) is 96.2 cm³/mol. The molecule has 2 N–H and O–H groups in total. The summed E-state index contributed by atoms with van der Waals surface area (Å²) in [4.78, 5) is 35.9. The summed E-state index contributed by atoms with van der Waals surface area (Å²) in [5.41, 5.74) is 0.159. The highest BCUT2D eigenvalue weighted by atomic mass is 16.5. The van der Waals surface area contributed by atoms with Crippen molar-refractivity contribution in [3.05, 3.63) is 57.5 Å². The Bertz CT molecular complexity index is 900. The Morgan fingerprint density at radius 2 is 1.81 bits per heavy atom. The number of aromatic hydroxyl groups is 1. The second-order valence-corrected chi connectivity index (χ2v) is 5.98. The molecule has 1 unspecified atom stereocenters. The number of carbonyl (C=O) groups excluding carboxylic acids is 1. The maximum atomic E-state index is 12.9. The van der Waals surface area contributed by atoms with E-state index >= 15 is 0 Å². The van der Waals surface area contributed by atoms with Gasteiger partial charge in [-0.15, -0.1) is 0 Å². The molecule has 8 nitrogen and oxygen atoms in total. The van der Waals surface area contributed by atoms with Crippen LogP contribution in [0.1, 0.15) is 29.2 Å². The molecule has 144 valence electrons. The number of hydrogen-bond donors (Lipinski definition) is 2. The molecule has 0 saturated carbocycles. The molecule has 27 heavy (non-hydrogen) atoms. The highest BCUT2D eigenvalue weighted by Gasteiger charge is 2.27. The average Bonchev–Trinajstić information content (AvgIpc) is 2.64. The van der Waals surface area contributed by atoms with E-state index in [1.54, 1.807) is 24.3 Å². The monoisotopic (exact) mass is 375 g/mol. The SMILES string of the molecule is COC(=O)CC(c1ccc(OC)cc1)c1c(O)cc(C)n(CC(=O)O)c1=O. The van der Waals surface area contributed by atoms with Gasteiger partial charge in [-0.05, 0) is 30.7 Å². The zero-order valence-corrected chi connectivity index (χ0v) is 15.3. The second-order valence-electron chi connectivity index (χ2n) is 5.98. The van der Waals surface area contributed by atoms with Crippen molar-refractivity contribution in [3.63, 3.8) is 0 Å². The van der Waals surface area contributed by atoms with Gasteiger partial charge in [0, 0.05) is 11.6 Å². The van der Waals surface area contributed by atoms with Crippen molar-refractivity contribution in [1.82, 2.24) is 4.57 Å². The lowest BCUT2D eigenvalue weighted by Gasteiger charge is -2.20. The van der Waals surface area contributed by atoms with E-state index in [0.717, 1.165) is 4.57 Å². The number of ether oxygens (including phenoxy) is 2. The van der Waals surface area contributed by atoms with Crippen molar-refractivity contribution >= 4 is 11.9 Å². The summed E-state index contributed by atoms with van der Waals surface area (Å²) in [5, 5.41) is 19.5. The minimum absolute atomic E-state index is 0.0579. The highest BCUT2D eigenvalue weighted by molar-refractivity contribution is 5.71. The van der Waals surface area contributed by atoms with Crippen LogP contribution in [0.3, 0.4) is 0 Å². The first-order chi connectivity index (χ1) is 12.8. The Morgan fingerprint density at radius 3 is 2.33 bits per heavy atom. The summed E-state index contributed by atoms with van der Waals surface area (Å²) < 4.78 is 10.9. The minimum atomic E-state index is -1.19. The number of rotatable bonds is 7. The average molecular weight is 375 g/mol.